The van der Waals surface area contributed by atoms with E-state index in [0.717, 1.165) is 0 Å². The van der Waals surface area contributed by atoms with Crippen molar-refractivity contribution in [2.24, 2.45) is 16.7 Å². The van der Waals surface area contributed by atoms with E-state index < -0.39 is 16.8 Å². The monoisotopic (exact) mass is 261 g/mol. The van der Waals surface area contributed by atoms with Crippen molar-refractivity contribution in [3.8, 4) is 0 Å². The summed E-state index contributed by atoms with van der Waals surface area (Å²) < 4.78 is 0. The molecule has 0 heterocycles. The lowest BCUT2D eigenvalue weighted by atomic mass is 9.94. The molecule has 19 heavy (non-hydrogen) atoms. The van der Waals surface area contributed by atoms with Crippen molar-refractivity contribution in [2.45, 2.75) is 20.8 Å². The van der Waals surface area contributed by atoms with Gasteiger partial charge in [0.05, 0.1) is 0 Å². The molecular formula is C15H19NO3. The summed E-state index contributed by atoms with van der Waals surface area (Å²) in [6.07, 6.45) is 0. The fourth-order valence-corrected chi connectivity index (χ4v) is 3.07. The highest BCUT2D eigenvalue weighted by atomic mass is 16.4. The highest BCUT2D eigenvalue weighted by Crippen LogP contribution is 2.69. The van der Waals surface area contributed by atoms with Crippen LogP contribution in [-0.4, -0.2) is 24.0 Å². The molecule has 1 aromatic rings. The lowest BCUT2D eigenvalue weighted by molar-refractivity contribution is -0.150. The normalized spacial score (nSPS) is 27.7. The second kappa shape index (κ2) is 4.08. The van der Waals surface area contributed by atoms with E-state index in [1.165, 1.54) is 4.90 Å². The van der Waals surface area contributed by atoms with Crippen LogP contribution >= 0.6 is 0 Å². The summed E-state index contributed by atoms with van der Waals surface area (Å²) >= 11 is 0. The van der Waals surface area contributed by atoms with Crippen LogP contribution in [0.2, 0.25) is 0 Å². The van der Waals surface area contributed by atoms with Crippen molar-refractivity contribution >= 4 is 17.6 Å². The van der Waals surface area contributed by atoms with Gasteiger partial charge in [-0.15, -0.1) is 0 Å². The zero-order valence-electron chi connectivity index (χ0n) is 11.7. The number of para-hydroxylation sites is 1. The third-order valence-electron chi connectivity index (χ3n) is 4.79. The average molecular weight is 261 g/mol. The van der Waals surface area contributed by atoms with Gasteiger partial charge in [-0.05, 0) is 23.5 Å². The first-order valence-corrected chi connectivity index (χ1v) is 6.34. The minimum absolute atomic E-state index is 0.170. The van der Waals surface area contributed by atoms with Gasteiger partial charge >= 0.3 is 5.97 Å². The van der Waals surface area contributed by atoms with E-state index in [1.54, 1.807) is 19.2 Å². The molecule has 2 rings (SSSR count). The molecular weight excluding hydrogens is 242 g/mol. The largest absolute Gasteiger partial charge is 0.480 e. The zero-order valence-corrected chi connectivity index (χ0v) is 11.7. The van der Waals surface area contributed by atoms with Crippen molar-refractivity contribution in [3.05, 3.63) is 30.3 Å². The summed E-state index contributed by atoms with van der Waals surface area (Å²) in [7, 11) is 1.63. The summed E-state index contributed by atoms with van der Waals surface area (Å²) in [4.78, 5) is 25.7. The molecule has 2 unspecified atom stereocenters. The maximum absolute atomic E-state index is 12.6. The molecule has 1 fully saturated rings. The number of carboxylic acids is 1. The number of rotatable bonds is 3. The molecule has 0 radical (unpaired) electrons. The Kier molecular flexibility index (Phi) is 2.92. The summed E-state index contributed by atoms with van der Waals surface area (Å²) in [5.74, 6) is -1.54. The lowest BCUT2D eigenvalue weighted by Gasteiger charge is -2.23. The van der Waals surface area contributed by atoms with Gasteiger partial charge in [0.2, 0.25) is 5.91 Å². The van der Waals surface area contributed by atoms with Crippen molar-refractivity contribution in [1.82, 2.24) is 0 Å². The highest BCUT2D eigenvalue weighted by Gasteiger charge is 2.78. The first kappa shape index (κ1) is 13.6. The molecule has 2 atom stereocenters. The highest BCUT2D eigenvalue weighted by molar-refractivity contribution is 6.13. The molecule has 0 saturated heterocycles. The van der Waals surface area contributed by atoms with Gasteiger partial charge in [-0.3, -0.25) is 9.59 Å². The van der Waals surface area contributed by atoms with E-state index in [-0.39, 0.29) is 11.8 Å². The number of carbonyl (C=O) groups excluding carboxylic acids is 1. The molecule has 102 valence electrons. The van der Waals surface area contributed by atoms with E-state index in [4.69, 9.17) is 0 Å². The first-order valence-electron chi connectivity index (χ1n) is 6.34. The average Bonchev–Trinajstić information content (AvgIpc) is 2.84. The van der Waals surface area contributed by atoms with Gasteiger partial charge in [0.15, 0.2) is 5.41 Å². The standard InChI is InChI=1S/C15H19NO3/c1-10-14(2,3)15(10,13(18)19)12(17)16(4)11-8-6-5-7-9-11/h5-10H,1-4H3,(H,18,19). The van der Waals surface area contributed by atoms with E-state index in [0.29, 0.717) is 5.69 Å². The number of aliphatic carboxylic acids is 1. The zero-order chi connectivity index (χ0) is 14.4. The molecule has 0 aromatic heterocycles. The lowest BCUT2D eigenvalue weighted by Crippen LogP contribution is -2.42. The number of hydrogen-bond donors (Lipinski definition) is 1. The van der Waals surface area contributed by atoms with Gasteiger partial charge in [0.1, 0.15) is 0 Å². The van der Waals surface area contributed by atoms with Crippen LogP contribution in [0.4, 0.5) is 5.69 Å². The molecule has 1 saturated carbocycles. The summed E-state index contributed by atoms with van der Waals surface area (Å²) in [5, 5.41) is 9.53. The molecule has 1 N–H and O–H groups in total. The smallest absolute Gasteiger partial charge is 0.320 e. The quantitative estimate of drug-likeness (QED) is 0.850. The molecule has 1 aromatic carbocycles. The Morgan fingerprint density at radius 2 is 1.68 bits per heavy atom. The van der Waals surface area contributed by atoms with Gasteiger partial charge in [-0.25, -0.2) is 0 Å². The van der Waals surface area contributed by atoms with Gasteiger partial charge in [-0.2, -0.15) is 0 Å². The van der Waals surface area contributed by atoms with Crippen molar-refractivity contribution in [3.63, 3.8) is 0 Å². The van der Waals surface area contributed by atoms with Gasteiger partial charge in [0, 0.05) is 12.7 Å². The number of benzene rings is 1. The Labute approximate surface area is 113 Å². The number of hydrogen-bond acceptors (Lipinski definition) is 2. The van der Waals surface area contributed by atoms with Crippen molar-refractivity contribution in [1.29, 1.82) is 0 Å². The van der Waals surface area contributed by atoms with Crippen LogP contribution in [0.3, 0.4) is 0 Å². The molecule has 0 bridgehead atoms. The number of anilines is 1. The first-order chi connectivity index (χ1) is 8.77. The SMILES string of the molecule is CC1C(C)(C)C1(C(=O)O)C(=O)N(C)c1ccccc1. The predicted molar refractivity (Wildman–Crippen MR) is 72.9 cm³/mol. The van der Waals surface area contributed by atoms with Crippen molar-refractivity contribution < 1.29 is 14.7 Å². The fraction of sp³-hybridized carbons (Fsp3) is 0.467. The number of carboxylic acid groups (broad SMARTS) is 1. The Hall–Kier alpha value is -1.84. The Morgan fingerprint density at radius 1 is 1.21 bits per heavy atom. The van der Waals surface area contributed by atoms with Crippen LogP contribution < -0.4 is 4.90 Å². The number of nitrogens with zero attached hydrogens (tertiary/aromatic N) is 1. The second-order valence-corrected chi connectivity index (χ2v) is 5.76. The maximum atomic E-state index is 12.6. The van der Waals surface area contributed by atoms with Gasteiger partial charge in [-0.1, -0.05) is 39.0 Å². The van der Waals surface area contributed by atoms with Crippen LogP contribution in [0.25, 0.3) is 0 Å². The minimum Gasteiger partial charge on any atom is -0.480 e. The molecule has 0 spiro atoms. The second-order valence-electron chi connectivity index (χ2n) is 5.76. The molecule has 0 aliphatic heterocycles. The number of carbonyl (C=O) groups is 2. The van der Waals surface area contributed by atoms with E-state index >= 15 is 0 Å². The molecule has 1 aliphatic carbocycles. The molecule has 4 heteroatoms. The van der Waals surface area contributed by atoms with E-state index in [1.807, 2.05) is 39.0 Å². The minimum atomic E-state index is -1.31. The molecule has 4 nitrogen and oxygen atoms in total. The molecule has 1 aliphatic rings. The Bertz CT molecular complexity index is 523. The van der Waals surface area contributed by atoms with Gasteiger partial charge in [0.25, 0.3) is 0 Å². The maximum Gasteiger partial charge on any atom is 0.320 e. The number of amides is 1. The van der Waals surface area contributed by atoms with E-state index in [9.17, 15) is 14.7 Å². The van der Waals surface area contributed by atoms with Crippen LogP contribution in [0.15, 0.2) is 30.3 Å². The summed E-state index contributed by atoms with van der Waals surface area (Å²) in [6.45, 7) is 5.50. The van der Waals surface area contributed by atoms with Crippen LogP contribution in [0.1, 0.15) is 20.8 Å². The van der Waals surface area contributed by atoms with E-state index in [2.05, 4.69) is 0 Å². The third-order valence-corrected chi connectivity index (χ3v) is 4.79. The topological polar surface area (TPSA) is 57.6 Å². The Morgan fingerprint density at radius 3 is 2.05 bits per heavy atom. The molecule has 1 amide bonds. The predicted octanol–water partition coefficient (Wildman–Crippen LogP) is 2.40. The van der Waals surface area contributed by atoms with Gasteiger partial charge < -0.3 is 10.0 Å². The fourth-order valence-electron chi connectivity index (χ4n) is 3.07. The van der Waals surface area contributed by atoms with Crippen LogP contribution in [0.5, 0.6) is 0 Å². The van der Waals surface area contributed by atoms with Crippen molar-refractivity contribution in [2.75, 3.05) is 11.9 Å². The third kappa shape index (κ3) is 1.59. The van der Waals surface area contributed by atoms with Crippen LogP contribution in [0, 0.1) is 16.7 Å². The summed E-state index contributed by atoms with van der Waals surface area (Å²) in [5.41, 5.74) is -1.11. The van der Waals surface area contributed by atoms with Crippen LogP contribution in [-0.2, 0) is 9.59 Å². The summed E-state index contributed by atoms with van der Waals surface area (Å²) in [6, 6.07) is 9.11. The Balaban J connectivity index is 2.37.